The van der Waals surface area contributed by atoms with E-state index in [1.165, 1.54) is 0 Å². The second-order valence-corrected chi connectivity index (χ2v) is 5.93. The van der Waals surface area contributed by atoms with Gasteiger partial charge in [0.25, 0.3) is 0 Å². The second kappa shape index (κ2) is 3.89. The van der Waals surface area contributed by atoms with Gasteiger partial charge in [-0.1, -0.05) is 0 Å². The van der Waals surface area contributed by atoms with E-state index in [0.717, 1.165) is 0 Å². The molecule has 0 aromatic heterocycles. The Bertz CT molecular complexity index is 405. The summed E-state index contributed by atoms with van der Waals surface area (Å²) in [5.41, 5.74) is 0. The summed E-state index contributed by atoms with van der Waals surface area (Å²) in [5.74, 6) is -2.79. The van der Waals surface area contributed by atoms with Gasteiger partial charge in [0, 0.05) is 0 Å². The van der Waals surface area contributed by atoms with Crippen LogP contribution >= 0.6 is 0 Å². The molecule has 3 fully saturated rings. The maximum Gasteiger partial charge on any atom is 0.335 e. The zero-order valence-electron chi connectivity index (χ0n) is 11.3. The van der Waals surface area contributed by atoms with E-state index < -0.39 is 48.2 Å². The molecule has 108 valence electrons. The summed E-state index contributed by atoms with van der Waals surface area (Å²) in [6, 6.07) is 0. The number of rotatable bonds is 1. The van der Waals surface area contributed by atoms with Gasteiger partial charge in [0.2, 0.25) is 0 Å². The molecule has 3 aliphatic heterocycles. The van der Waals surface area contributed by atoms with E-state index in [4.69, 9.17) is 23.7 Å². The molecule has 0 aliphatic carbocycles. The van der Waals surface area contributed by atoms with Crippen LogP contribution in [0.4, 0.5) is 0 Å². The highest BCUT2D eigenvalue weighted by Crippen LogP contribution is 2.43. The van der Waals surface area contributed by atoms with Crippen molar-refractivity contribution in [3.8, 4) is 0 Å². The lowest BCUT2D eigenvalue weighted by molar-refractivity contribution is -0.237. The summed E-state index contributed by atoms with van der Waals surface area (Å²) in [6.07, 6.45) is -3.58. The largest absolute Gasteiger partial charge is 0.479 e. The smallest absolute Gasteiger partial charge is 0.335 e. The minimum atomic E-state index is -1.12. The van der Waals surface area contributed by atoms with E-state index in [9.17, 15) is 9.90 Å². The predicted octanol–water partition coefficient (Wildman–Crippen LogP) is 0.467. The number of hydrogen-bond acceptors (Lipinski definition) is 6. The molecule has 3 unspecified atom stereocenters. The minimum Gasteiger partial charge on any atom is -0.479 e. The van der Waals surface area contributed by atoms with Crippen molar-refractivity contribution in [2.75, 3.05) is 0 Å². The van der Waals surface area contributed by atoms with Gasteiger partial charge >= 0.3 is 5.97 Å². The van der Waals surface area contributed by atoms with Gasteiger partial charge in [-0.3, -0.25) is 0 Å². The maximum atomic E-state index is 11.3. The van der Waals surface area contributed by atoms with E-state index >= 15 is 0 Å². The molecule has 3 heterocycles. The predicted molar refractivity (Wildman–Crippen MR) is 60.2 cm³/mol. The maximum absolute atomic E-state index is 11.3. The molecule has 0 saturated carbocycles. The van der Waals surface area contributed by atoms with Crippen LogP contribution in [0, 0.1) is 0 Å². The molecule has 0 radical (unpaired) electrons. The van der Waals surface area contributed by atoms with E-state index in [1.54, 1.807) is 27.7 Å². The van der Waals surface area contributed by atoms with Crippen LogP contribution in [0.1, 0.15) is 27.7 Å². The second-order valence-electron chi connectivity index (χ2n) is 5.93. The molecule has 3 rings (SSSR count). The lowest BCUT2D eigenvalue weighted by atomic mass is 9.99. The Morgan fingerprint density at radius 1 is 0.895 bits per heavy atom. The van der Waals surface area contributed by atoms with Crippen molar-refractivity contribution in [1.82, 2.24) is 0 Å². The Morgan fingerprint density at radius 2 is 1.42 bits per heavy atom. The first-order valence-corrected chi connectivity index (χ1v) is 6.28. The summed E-state index contributed by atoms with van der Waals surface area (Å²) >= 11 is 0. The lowest BCUT2D eigenvalue weighted by Gasteiger charge is -2.35. The fourth-order valence-corrected chi connectivity index (χ4v) is 2.81. The molecule has 0 spiro atoms. The molecule has 3 aliphatic rings. The fourth-order valence-electron chi connectivity index (χ4n) is 2.81. The van der Waals surface area contributed by atoms with Crippen molar-refractivity contribution in [3.05, 3.63) is 0 Å². The van der Waals surface area contributed by atoms with Crippen LogP contribution in [0.25, 0.3) is 0 Å². The Kier molecular flexibility index (Phi) is 2.72. The van der Waals surface area contributed by atoms with Crippen LogP contribution in [0.2, 0.25) is 0 Å². The monoisotopic (exact) mass is 274 g/mol. The summed E-state index contributed by atoms with van der Waals surface area (Å²) in [5, 5.41) is 9.25. The summed E-state index contributed by atoms with van der Waals surface area (Å²) in [6.45, 7) is 6.97. The van der Waals surface area contributed by atoms with Gasteiger partial charge in [-0.05, 0) is 27.7 Å². The summed E-state index contributed by atoms with van der Waals surface area (Å²) < 4.78 is 28.2. The third-order valence-electron chi connectivity index (χ3n) is 3.40. The summed E-state index contributed by atoms with van der Waals surface area (Å²) in [7, 11) is 0. The minimum absolute atomic E-state index is 0.489. The average Bonchev–Trinajstić information content (AvgIpc) is 2.70. The normalized spacial score (nSPS) is 46.6. The summed E-state index contributed by atoms with van der Waals surface area (Å²) in [4.78, 5) is 11.3. The molecule has 5 atom stereocenters. The quantitative estimate of drug-likeness (QED) is 0.744. The molecule has 0 aromatic rings. The molecule has 7 nitrogen and oxygen atoms in total. The molecule has 0 amide bonds. The van der Waals surface area contributed by atoms with Crippen LogP contribution in [0.15, 0.2) is 0 Å². The van der Waals surface area contributed by atoms with Gasteiger partial charge in [0.15, 0.2) is 24.0 Å². The van der Waals surface area contributed by atoms with Gasteiger partial charge in [-0.25, -0.2) is 4.79 Å². The van der Waals surface area contributed by atoms with Crippen molar-refractivity contribution >= 4 is 5.97 Å². The highest BCUT2D eigenvalue weighted by atomic mass is 16.9. The van der Waals surface area contributed by atoms with Gasteiger partial charge in [-0.2, -0.15) is 0 Å². The van der Waals surface area contributed by atoms with E-state index in [1.807, 2.05) is 0 Å². The van der Waals surface area contributed by atoms with E-state index in [2.05, 4.69) is 0 Å². The zero-order chi connectivity index (χ0) is 14.0. The Morgan fingerprint density at radius 3 is 2.05 bits per heavy atom. The third-order valence-corrected chi connectivity index (χ3v) is 3.40. The Balaban J connectivity index is 1.91. The number of aliphatic carboxylic acids is 1. The van der Waals surface area contributed by atoms with Gasteiger partial charge in [0.05, 0.1) is 0 Å². The topological polar surface area (TPSA) is 83.5 Å². The first-order chi connectivity index (χ1) is 8.69. The number of fused-ring (bicyclic) bond motifs is 3. The van der Waals surface area contributed by atoms with E-state index in [0.29, 0.717) is 0 Å². The molecule has 1 N–H and O–H groups in total. The zero-order valence-corrected chi connectivity index (χ0v) is 11.3. The van der Waals surface area contributed by atoms with Crippen LogP contribution in [0.3, 0.4) is 0 Å². The van der Waals surface area contributed by atoms with Gasteiger partial charge < -0.3 is 28.8 Å². The van der Waals surface area contributed by atoms with Crippen molar-refractivity contribution in [1.29, 1.82) is 0 Å². The third kappa shape index (κ3) is 2.15. The molecule has 7 heteroatoms. The lowest BCUT2D eigenvalue weighted by Crippen LogP contribution is -2.57. The van der Waals surface area contributed by atoms with Crippen LogP contribution < -0.4 is 0 Å². The number of carbonyl (C=O) groups is 1. The SMILES string of the molecule is CC1(C)OC2C3OC(C)(C)O[C@H]3C(C(=O)O)O[C@@H]2O1. The Labute approximate surface area is 110 Å². The van der Waals surface area contributed by atoms with Crippen molar-refractivity contribution < 1.29 is 33.6 Å². The van der Waals surface area contributed by atoms with Crippen molar-refractivity contribution in [2.45, 2.75) is 70.0 Å². The standard InChI is InChI=1S/C12H18O7/c1-11(2)16-5-6(17-11)8-10(15-7(5)9(13)14)19-12(3,4)18-8/h5-8,10H,1-4H3,(H,13,14)/t5-,6?,7?,8?,10-/m1/s1. The van der Waals surface area contributed by atoms with E-state index in [-0.39, 0.29) is 0 Å². The highest BCUT2D eigenvalue weighted by molar-refractivity contribution is 5.73. The van der Waals surface area contributed by atoms with Crippen LogP contribution in [0.5, 0.6) is 0 Å². The number of hydrogen-bond donors (Lipinski definition) is 1. The average molecular weight is 274 g/mol. The van der Waals surface area contributed by atoms with Gasteiger partial charge in [-0.15, -0.1) is 0 Å². The first kappa shape index (κ1) is 13.3. The molecule has 19 heavy (non-hydrogen) atoms. The molecular formula is C12H18O7. The van der Waals surface area contributed by atoms with Crippen molar-refractivity contribution in [2.24, 2.45) is 0 Å². The molecule has 3 saturated heterocycles. The first-order valence-electron chi connectivity index (χ1n) is 6.28. The molecule has 0 aromatic carbocycles. The van der Waals surface area contributed by atoms with Crippen LogP contribution in [-0.4, -0.2) is 53.4 Å². The molecular weight excluding hydrogens is 256 g/mol. The number of ether oxygens (including phenoxy) is 5. The Hall–Kier alpha value is -0.730. The number of carboxylic acids is 1. The highest BCUT2D eigenvalue weighted by Gasteiger charge is 2.62. The van der Waals surface area contributed by atoms with Gasteiger partial charge in [0.1, 0.15) is 18.3 Å². The van der Waals surface area contributed by atoms with Crippen molar-refractivity contribution in [3.63, 3.8) is 0 Å². The molecule has 0 bridgehead atoms. The number of carboxylic acid groups (broad SMARTS) is 1. The van der Waals surface area contributed by atoms with Crippen LogP contribution in [-0.2, 0) is 28.5 Å². The fraction of sp³-hybridized carbons (Fsp3) is 0.917.